The first-order valence-corrected chi connectivity index (χ1v) is 8.11. The monoisotopic (exact) mass is 346 g/mol. The van der Waals surface area contributed by atoms with Gasteiger partial charge in [-0.1, -0.05) is 27.5 Å². The Morgan fingerprint density at radius 1 is 1.12 bits per heavy atom. The summed E-state index contributed by atoms with van der Waals surface area (Å²) < 4.78 is 0.904. The van der Waals surface area contributed by atoms with Crippen LogP contribution in [-0.4, -0.2) is 56.6 Å². The summed E-state index contributed by atoms with van der Waals surface area (Å²) in [7, 11) is 6.43. The van der Waals surface area contributed by atoms with Crippen molar-refractivity contribution >= 4 is 23.5 Å². The zero-order chi connectivity index (χ0) is 18.4. The van der Waals surface area contributed by atoms with E-state index in [2.05, 4.69) is 36.5 Å². The van der Waals surface area contributed by atoms with Gasteiger partial charge in [-0.25, -0.2) is 14.5 Å². The largest absolute Gasteiger partial charge is 0.396 e. The first-order valence-electron chi connectivity index (χ1n) is 8.11. The van der Waals surface area contributed by atoms with Crippen molar-refractivity contribution in [2.24, 2.45) is 15.4 Å². The van der Waals surface area contributed by atoms with Gasteiger partial charge in [0.2, 0.25) is 0 Å². The van der Waals surface area contributed by atoms with Crippen LogP contribution < -0.4 is 4.90 Å². The van der Waals surface area contributed by atoms with Crippen LogP contribution in [0.3, 0.4) is 0 Å². The lowest BCUT2D eigenvalue weighted by Crippen LogP contribution is -2.35. The number of benzene rings is 1. The van der Waals surface area contributed by atoms with Crippen molar-refractivity contribution in [3.63, 3.8) is 0 Å². The van der Waals surface area contributed by atoms with Crippen LogP contribution >= 0.6 is 0 Å². The zero-order valence-electron chi connectivity index (χ0n) is 15.1. The molecule has 1 aliphatic heterocycles. The lowest BCUT2D eigenvalue weighted by atomic mass is 10.1. The predicted molar refractivity (Wildman–Crippen MR) is 94.9 cm³/mol. The molecule has 8 heteroatoms. The lowest BCUT2D eigenvalue weighted by molar-refractivity contribution is -0.870. The molecule has 0 N–H and O–H groups in total. The SMILES string of the molecule is CC(Cc1ccc(N2C(=O)N=NC2=O)cc1)=NOCCC[N+](C)(C)C. The maximum absolute atomic E-state index is 11.5. The van der Waals surface area contributed by atoms with Gasteiger partial charge in [-0.3, -0.25) is 0 Å². The van der Waals surface area contributed by atoms with E-state index in [1.165, 1.54) is 0 Å². The summed E-state index contributed by atoms with van der Waals surface area (Å²) in [6.45, 7) is 3.53. The van der Waals surface area contributed by atoms with Crippen molar-refractivity contribution < 1.29 is 18.9 Å². The van der Waals surface area contributed by atoms with Crippen molar-refractivity contribution in [3.8, 4) is 0 Å². The quantitative estimate of drug-likeness (QED) is 0.313. The number of oxime groups is 1. The van der Waals surface area contributed by atoms with Gasteiger partial charge in [0.15, 0.2) is 0 Å². The number of carbonyl (C=O) groups excluding carboxylic acids is 2. The van der Waals surface area contributed by atoms with Gasteiger partial charge in [0.1, 0.15) is 6.61 Å². The number of nitrogens with zero attached hydrogens (tertiary/aromatic N) is 5. The molecule has 0 saturated carbocycles. The normalized spacial score (nSPS) is 15.2. The van der Waals surface area contributed by atoms with Gasteiger partial charge in [0.05, 0.1) is 39.1 Å². The number of rotatable bonds is 8. The zero-order valence-corrected chi connectivity index (χ0v) is 15.1. The third kappa shape index (κ3) is 5.75. The maximum atomic E-state index is 11.5. The molecule has 2 rings (SSSR count). The van der Waals surface area contributed by atoms with Crippen LogP contribution in [0.5, 0.6) is 0 Å². The molecule has 0 radical (unpaired) electrons. The van der Waals surface area contributed by atoms with Gasteiger partial charge in [-0.2, -0.15) is 0 Å². The highest BCUT2D eigenvalue weighted by Gasteiger charge is 2.28. The number of hydrogen-bond donors (Lipinski definition) is 0. The summed E-state index contributed by atoms with van der Waals surface area (Å²) in [4.78, 5) is 29.3. The average molecular weight is 346 g/mol. The van der Waals surface area contributed by atoms with Crippen molar-refractivity contribution in [3.05, 3.63) is 29.8 Å². The molecular formula is C17H24N5O3+. The molecule has 0 bridgehead atoms. The van der Waals surface area contributed by atoms with Crippen molar-refractivity contribution in [1.29, 1.82) is 0 Å². The number of carbonyl (C=O) groups is 2. The van der Waals surface area contributed by atoms with E-state index in [0.717, 1.165) is 33.6 Å². The van der Waals surface area contributed by atoms with Gasteiger partial charge in [-0.05, 0) is 24.6 Å². The number of anilines is 1. The Balaban J connectivity index is 1.83. The molecule has 1 heterocycles. The van der Waals surface area contributed by atoms with Crippen LogP contribution in [0.15, 0.2) is 39.6 Å². The number of quaternary nitrogens is 1. The fourth-order valence-corrected chi connectivity index (χ4v) is 2.33. The standard InChI is InChI=1S/C17H24N5O3/c1-13(20-25-11-5-10-22(2,3)4)12-14-6-8-15(9-7-14)21-16(23)18-19-17(21)24/h6-9H,5,10-12H2,1-4H3/q+1. The first kappa shape index (κ1) is 18.7. The molecule has 0 spiro atoms. The highest BCUT2D eigenvalue weighted by Crippen LogP contribution is 2.21. The van der Waals surface area contributed by atoms with E-state index in [4.69, 9.17) is 4.84 Å². The van der Waals surface area contributed by atoms with Crippen LogP contribution in [-0.2, 0) is 11.3 Å². The Kier molecular flexibility index (Phi) is 5.97. The molecule has 8 nitrogen and oxygen atoms in total. The molecule has 134 valence electrons. The van der Waals surface area contributed by atoms with Crippen LogP contribution in [0.1, 0.15) is 18.9 Å². The number of azo groups is 1. The van der Waals surface area contributed by atoms with Gasteiger partial charge < -0.3 is 9.32 Å². The molecule has 1 aromatic carbocycles. The fourth-order valence-electron chi connectivity index (χ4n) is 2.33. The minimum atomic E-state index is -0.669. The lowest BCUT2D eigenvalue weighted by Gasteiger charge is -2.23. The van der Waals surface area contributed by atoms with Crippen LogP contribution in [0.25, 0.3) is 0 Å². The summed E-state index contributed by atoms with van der Waals surface area (Å²) in [5.74, 6) is 0. The topological polar surface area (TPSA) is 83.7 Å². The van der Waals surface area contributed by atoms with E-state index >= 15 is 0 Å². The highest BCUT2D eigenvalue weighted by atomic mass is 16.6. The second-order valence-electron chi connectivity index (χ2n) is 6.97. The Bertz CT molecular complexity index is 671. The van der Waals surface area contributed by atoms with E-state index in [1.54, 1.807) is 12.1 Å². The van der Waals surface area contributed by atoms with E-state index in [0.29, 0.717) is 18.7 Å². The summed E-state index contributed by atoms with van der Waals surface area (Å²) in [6.07, 6.45) is 1.58. The summed E-state index contributed by atoms with van der Waals surface area (Å²) in [5.41, 5.74) is 2.32. The van der Waals surface area contributed by atoms with E-state index in [-0.39, 0.29) is 0 Å². The third-order valence-electron chi connectivity index (χ3n) is 3.54. The van der Waals surface area contributed by atoms with Gasteiger partial charge >= 0.3 is 12.1 Å². The average Bonchev–Trinajstić information content (AvgIpc) is 2.86. The maximum Gasteiger partial charge on any atom is 0.375 e. The van der Waals surface area contributed by atoms with Crippen LogP contribution in [0.4, 0.5) is 15.3 Å². The van der Waals surface area contributed by atoms with Gasteiger partial charge in [-0.15, -0.1) is 0 Å². The number of amides is 4. The van der Waals surface area contributed by atoms with E-state index in [1.807, 2.05) is 19.1 Å². The van der Waals surface area contributed by atoms with Gasteiger partial charge in [0.25, 0.3) is 0 Å². The second-order valence-corrected chi connectivity index (χ2v) is 6.97. The molecule has 1 aliphatic rings. The fraction of sp³-hybridized carbons (Fsp3) is 0.471. The predicted octanol–water partition coefficient (Wildman–Crippen LogP) is 3.23. The molecule has 0 aromatic heterocycles. The minimum absolute atomic E-state index is 0.454. The van der Waals surface area contributed by atoms with Crippen molar-refractivity contribution in [2.45, 2.75) is 19.8 Å². The molecule has 0 aliphatic carbocycles. The third-order valence-corrected chi connectivity index (χ3v) is 3.54. The molecule has 1 aromatic rings. The van der Waals surface area contributed by atoms with Crippen molar-refractivity contribution in [2.75, 3.05) is 39.2 Å². The Morgan fingerprint density at radius 3 is 2.28 bits per heavy atom. The minimum Gasteiger partial charge on any atom is -0.396 e. The highest BCUT2D eigenvalue weighted by molar-refractivity contribution is 6.17. The second kappa shape index (κ2) is 7.98. The Morgan fingerprint density at radius 2 is 1.72 bits per heavy atom. The first-order chi connectivity index (χ1) is 11.8. The Hall–Kier alpha value is -2.61. The van der Waals surface area contributed by atoms with Crippen LogP contribution in [0.2, 0.25) is 0 Å². The molecule has 25 heavy (non-hydrogen) atoms. The number of urea groups is 2. The van der Waals surface area contributed by atoms with E-state index < -0.39 is 12.1 Å². The van der Waals surface area contributed by atoms with E-state index in [9.17, 15) is 9.59 Å². The van der Waals surface area contributed by atoms with Gasteiger partial charge in [0, 0.05) is 12.8 Å². The molecule has 0 fully saturated rings. The van der Waals surface area contributed by atoms with Crippen LogP contribution in [0, 0.1) is 0 Å². The Labute approximate surface area is 147 Å². The molecular weight excluding hydrogens is 322 g/mol. The molecule has 0 unspecified atom stereocenters. The van der Waals surface area contributed by atoms with Crippen molar-refractivity contribution in [1.82, 2.24) is 0 Å². The summed E-state index contributed by atoms with van der Waals surface area (Å²) in [5, 5.41) is 10.6. The smallest absolute Gasteiger partial charge is 0.375 e. The number of imide groups is 1. The summed E-state index contributed by atoms with van der Waals surface area (Å²) >= 11 is 0. The molecule has 0 atom stereocenters. The molecule has 4 amide bonds. The number of hydrogen-bond acceptors (Lipinski definition) is 4. The summed E-state index contributed by atoms with van der Waals surface area (Å²) in [6, 6.07) is 5.72. The molecule has 0 saturated heterocycles.